The molecule has 0 amide bonds. The van der Waals surface area contributed by atoms with E-state index in [0.29, 0.717) is 12.0 Å². The highest BCUT2D eigenvalue weighted by Crippen LogP contribution is 2.32. The van der Waals surface area contributed by atoms with E-state index in [2.05, 4.69) is 31.1 Å². The molecule has 3 nitrogen and oxygen atoms in total. The highest BCUT2D eigenvalue weighted by atomic mass is 15.0. The Labute approximate surface area is 104 Å². The zero-order chi connectivity index (χ0) is 12.3. The van der Waals surface area contributed by atoms with Crippen molar-refractivity contribution in [1.82, 2.24) is 15.3 Å². The molecule has 17 heavy (non-hydrogen) atoms. The van der Waals surface area contributed by atoms with Crippen LogP contribution >= 0.6 is 0 Å². The summed E-state index contributed by atoms with van der Waals surface area (Å²) in [6.45, 7) is 7.27. The predicted octanol–water partition coefficient (Wildman–Crippen LogP) is 2.94. The molecule has 1 saturated carbocycles. The van der Waals surface area contributed by atoms with Crippen molar-refractivity contribution in [3.8, 4) is 0 Å². The summed E-state index contributed by atoms with van der Waals surface area (Å²) in [7, 11) is 0. The van der Waals surface area contributed by atoms with Gasteiger partial charge in [0.05, 0.1) is 5.69 Å². The third-order valence-electron chi connectivity index (χ3n) is 3.49. The third kappa shape index (κ3) is 3.25. The van der Waals surface area contributed by atoms with Crippen LogP contribution in [0.1, 0.15) is 62.5 Å². The molecule has 1 aliphatic carbocycles. The zero-order valence-corrected chi connectivity index (χ0v) is 11.2. The summed E-state index contributed by atoms with van der Waals surface area (Å²) in [6.07, 6.45) is 7.18. The van der Waals surface area contributed by atoms with E-state index >= 15 is 0 Å². The van der Waals surface area contributed by atoms with E-state index in [1.165, 1.54) is 31.2 Å². The number of aromatic nitrogens is 2. The van der Waals surface area contributed by atoms with Crippen LogP contribution in [0, 0.1) is 6.92 Å². The monoisotopic (exact) mass is 233 g/mol. The highest BCUT2D eigenvalue weighted by Gasteiger charge is 2.20. The van der Waals surface area contributed by atoms with Crippen molar-refractivity contribution in [2.24, 2.45) is 0 Å². The van der Waals surface area contributed by atoms with Gasteiger partial charge in [0.25, 0.3) is 0 Å². The van der Waals surface area contributed by atoms with Gasteiger partial charge in [-0.1, -0.05) is 26.7 Å². The van der Waals surface area contributed by atoms with Crippen molar-refractivity contribution in [2.45, 2.75) is 65.0 Å². The van der Waals surface area contributed by atoms with E-state index in [9.17, 15) is 0 Å². The quantitative estimate of drug-likeness (QED) is 0.869. The Kier molecular flexibility index (Phi) is 4.11. The molecule has 0 spiro atoms. The number of rotatable bonds is 4. The number of aryl methyl sites for hydroxylation is 1. The Morgan fingerprint density at radius 3 is 2.71 bits per heavy atom. The summed E-state index contributed by atoms with van der Waals surface area (Å²) in [6, 6.07) is 0.499. The standard InChI is InChI=1S/C14H23N3/c1-10(2)15-9-13-11(3)8-16-14(17-13)12-6-4-5-7-12/h8,10,12,15H,4-7,9H2,1-3H3. The molecular formula is C14H23N3. The Morgan fingerprint density at radius 1 is 1.35 bits per heavy atom. The van der Waals surface area contributed by atoms with Gasteiger partial charge in [-0.05, 0) is 25.3 Å². The summed E-state index contributed by atoms with van der Waals surface area (Å²) in [5, 5.41) is 3.43. The van der Waals surface area contributed by atoms with Gasteiger partial charge in [-0.15, -0.1) is 0 Å². The molecule has 1 aliphatic rings. The van der Waals surface area contributed by atoms with Gasteiger partial charge in [-0.3, -0.25) is 0 Å². The molecule has 3 heteroatoms. The van der Waals surface area contributed by atoms with E-state index in [1.807, 2.05) is 6.20 Å². The molecule has 0 aliphatic heterocycles. The summed E-state index contributed by atoms with van der Waals surface area (Å²) in [5.74, 6) is 1.67. The normalized spacial score (nSPS) is 16.9. The number of nitrogens with zero attached hydrogens (tertiary/aromatic N) is 2. The maximum absolute atomic E-state index is 4.75. The number of hydrogen-bond donors (Lipinski definition) is 1. The molecule has 0 atom stereocenters. The van der Waals surface area contributed by atoms with Gasteiger partial charge < -0.3 is 5.32 Å². The van der Waals surface area contributed by atoms with Crippen molar-refractivity contribution in [1.29, 1.82) is 0 Å². The lowest BCUT2D eigenvalue weighted by Gasteiger charge is -2.13. The smallest absolute Gasteiger partial charge is 0.131 e. The SMILES string of the molecule is Cc1cnc(C2CCCC2)nc1CNC(C)C. The first-order valence-electron chi connectivity index (χ1n) is 6.72. The molecule has 0 saturated heterocycles. The van der Waals surface area contributed by atoms with Crippen LogP contribution in [0.25, 0.3) is 0 Å². The lowest BCUT2D eigenvalue weighted by atomic mass is 10.1. The molecular weight excluding hydrogens is 210 g/mol. The minimum atomic E-state index is 0.499. The van der Waals surface area contributed by atoms with Crippen molar-refractivity contribution in [3.63, 3.8) is 0 Å². The predicted molar refractivity (Wildman–Crippen MR) is 70.0 cm³/mol. The van der Waals surface area contributed by atoms with Crippen molar-refractivity contribution in [2.75, 3.05) is 0 Å². The number of nitrogens with one attached hydrogen (secondary N) is 1. The maximum atomic E-state index is 4.75. The van der Waals surface area contributed by atoms with Gasteiger partial charge in [0.1, 0.15) is 5.82 Å². The molecule has 1 heterocycles. The van der Waals surface area contributed by atoms with Crippen LogP contribution in [0.4, 0.5) is 0 Å². The van der Waals surface area contributed by atoms with Crippen molar-refractivity contribution < 1.29 is 0 Å². The zero-order valence-electron chi connectivity index (χ0n) is 11.2. The van der Waals surface area contributed by atoms with Crippen LogP contribution in [-0.4, -0.2) is 16.0 Å². The second-order valence-corrected chi connectivity index (χ2v) is 5.37. The van der Waals surface area contributed by atoms with E-state index < -0.39 is 0 Å². The second kappa shape index (κ2) is 5.58. The van der Waals surface area contributed by atoms with Gasteiger partial charge in [-0.2, -0.15) is 0 Å². The van der Waals surface area contributed by atoms with Gasteiger partial charge in [0.15, 0.2) is 0 Å². The van der Waals surface area contributed by atoms with Crippen LogP contribution in [0.15, 0.2) is 6.20 Å². The molecule has 94 valence electrons. The third-order valence-corrected chi connectivity index (χ3v) is 3.49. The lowest BCUT2D eigenvalue weighted by Crippen LogP contribution is -2.23. The van der Waals surface area contributed by atoms with Gasteiger partial charge in [-0.25, -0.2) is 9.97 Å². The average Bonchev–Trinajstić information content (AvgIpc) is 2.81. The number of hydrogen-bond acceptors (Lipinski definition) is 3. The van der Waals surface area contributed by atoms with Gasteiger partial charge in [0.2, 0.25) is 0 Å². The van der Waals surface area contributed by atoms with Gasteiger partial charge >= 0.3 is 0 Å². The molecule has 2 rings (SSSR count). The molecule has 1 N–H and O–H groups in total. The molecule has 0 aromatic carbocycles. The molecule has 1 aromatic heterocycles. The van der Waals surface area contributed by atoms with Crippen molar-refractivity contribution in [3.05, 3.63) is 23.3 Å². The Bertz CT molecular complexity index is 368. The summed E-state index contributed by atoms with van der Waals surface area (Å²) in [5.41, 5.74) is 2.36. The minimum Gasteiger partial charge on any atom is -0.309 e. The fourth-order valence-electron chi connectivity index (χ4n) is 2.35. The Balaban J connectivity index is 2.11. The largest absolute Gasteiger partial charge is 0.309 e. The topological polar surface area (TPSA) is 37.8 Å². The molecule has 1 fully saturated rings. The average molecular weight is 233 g/mol. The molecule has 1 aromatic rings. The van der Waals surface area contributed by atoms with E-state index in [1.54, 1.807) is 0 Å². The first-order chi connectivity index (χ1) is 8.16. The summed E-state index contributed by atoms with van der Waals surface area (Å²) in [4.78, 5) is 9.26. The van der Waals surface area contributed by atoms with E-state index in [-0.39, 0.29) is 0 Å². The molecule has 0 unspecified atom stereocenters. The second-order valence-electron chi connectivity index (χ2n) is 5.37. The minimum absolute atomic E-state index is 0.499. The van der Waals surface area contributed by atoms with Crippen molar-refractivity contribution >= 4 is 0 Å². The Hall–Kier alpha value is -0.960. The van der Waals surface area contributed by atoms with Crippen LogP contribution in [0.5, 0.6) is 0 Å². The van der Waals surface area contributed by atoms with Crippen LogP contribution in [0.2, 0.25) is 0 Å². The molecule has 0 radical (unpaired) electrons. The maximum Gasteiger partial charge on any atom is 0.131 e. The highest BCUT2D eigenvalue weighted by molar-refractivity contribution is 5.17. The first kappa shape index (κ1) is 12.5. The first-order valence-corrected chi connectivity index (χ1v) is 6.72. The van der Waals surface area contributed by atoms with Crippen LogP contribution in [-0.2, 0) is 6.54 Å². The van der Waals surface area contributed by atoms with Gasteiger partial charge in [0, 0.05) is 24.7 Å². The van der Waals surface area contributed by atoms with E-state index in [4.69, 9.17) is 4.98 Å². The fourth-order valence-corrected chi connectivity index (χ4v) is 2.35. The fraction of sp³-hybridized carbons (Fsp3) is 0.714. The molecule has 0 bridgehead atoms. The Morgan fingerprint density at radius 2 is 2.06 bits per heavy atom. The lowest BCUT2D eigenvalue weighted by molar-refractivity contribution is 0.571. The van der Waals surface area contributed by atoms with E-state index in [0.717, 1.165) is 18.1 Å². The van der Waals surface area contributed by atoms with Crippen LogP contribution in [0.3, 0.4) is 0 Å². The van der Waals surface area contributed by atoms with Crippen LogP contribution < -0.4 is 5.32 Å². The summed E-state index contributed by atoms with van der Waals surface area (Å²) < 4.78 is 0. The summed E-state index contributed by atoms with van der Waals surface area (Å²) >= 11 is 0.